The smallest absolute Gasteiger partial charge is 0.328 e. The van der Waals surface area contributed by atoms with Crippen molar-refractivity contribution in [1.29, 1.82) is 0 Å². The van der Waals surface area contributed by atoms with Crippen LogP contribution in [0.15, 0.2) is 6.20 Å². The van der Waals surface area contributed by atoms with E-state index in [4.69, 9.17) is 0 Å². The normalized spacial score (nSPS) is 15.6. The molecule has 1 aromatic rings. The Bertz CT molecular complexity index is 440. The third kappa shape index (κ3) is 1.52. The Morgan fingerprint density at radius 3 is 2.80 bits per heavy atom. The number of imide groups is 1. The number of urea groups is 1. The first-order valence-corrected chi connectivity index (χ1v) is 4.62. The number of carbonyl (C=O) groups excluding carboxylic acids is 2. The predicted octanol–water partition coefficient (Wildman–Crippen LogP) is 0.108. The Hall–Kier alpha value is -2.03. The molecule has 1 aromatic heterocycles. The molecule has 2 heterocycles. The van der Waals surface area contributed by atoms with Crippen LogP contribution in [0.2, 0.25) is 0 Å². The number of nitrogens with one attached hydrogen (secondary N) is 1. The van der Waals surface area contributed by atoms with Gasteiger partial charge in [0.1, 0.15) is 6.20 Å². The van der Waals surface area contributed by atoms with E-state index in [1.54, 1.807) is 0 Å². The fourth-order valence-corrected chi connectivity index (χ4v) is 1.81. The van der Waals surface area contributed by atoms with Crippen molar-refractivity contribution in [2.45, 2.75) is 0 Å². The van der Waals surface area contributed by atoms with Gasteiger partial charge in [0.2, 0.25) is 5.13 Å². The van der Waals surface area contributed by atoms with Crippen molar-refractivity contribution < 1.29 is 14.5 Å². The first-order valence-electron chi connectivity index (χ1n) is 3.80. The molecule has 0 aromatic carbocycles. The Kier molecular flexibility index (Phi) is 2.08. The first kappa shape index (κ1) is 9.52. The second-order valence-electron chi connectivity index (χ2n) is 2.63. The third-order valence-corrected chi connectivity index (χ3v) is 2.63. The number of anilines is 1. The number of hydrogen-bond acceptors (Lipinski definition) is 6. The molecule has 8 nitrogen and oxygen atoms in total. The van der Waals surface area contributed by atoms with Crippen LogP contribution >= 0.6 is 11.3 Å². The van der Waals surface area contributed by atoms with Crippen molar-refractivity contribution in [3.8, 4) is 0 Å². The van der Waals surface area contributed by atoms with Gasteiger partial charge < -0.3 is 5.32 Å². The number of carbonyl (C=O) groups is 2. The molecule has 2 rings (SSSR count). The van der Waals surface area contributed by atoms with Gasteiger partial charge in [-0.15, -0.1) is 0 Å². The molecule has 15 heavy (non-hydrogen) atoms. The highest BCUT2D eigenvalue weighted by molar-refractivity contribution is 7.19. The molecule has 0 radical (unpaired) electrons. The summed E-state index contributed by atoms with van der Waals surface area (Å²) in [7, 11) is 0. The van der Waals surface area contributed by atoms with E-state index >= 15 is 0 Å². The summed E-state index contributed by atoms with van der Waals surface area (Å²) in [5.41, 5.74) is 0. The van der Waals surface area contributed by atoms with Crippen molar-refractivity contribution >= 4 is 33.4 Å². The molecule has 3 amide bonds. The molecule has 0 unspecified atom stereocenters. The molecular weight excluding hydrogens is 224 g/mol. The van der Waals surface area contributed by atoms with Crippen LogP contribution in [-0.4, -0.2) is 28.4 Å². The number of nitro groups is 1. The highest BCUT2D eigenvalue weighted by Crippen LogP contribution is 2.29. The summed E-state index contributed by atoms with van der Waals surface area (Å²) >= 11 is 0.680. The fraction of sp³-hybridized carbons (Fsp3) is 0.167. The zero-order valence-corrected chi connectivity index (χ0v) is 7.98. The maximum Gasteiger partial charge on any atom is 0.345 e. The highest BCUT2D eigenvalue weighted by Gasteiger charge is 2.33. The lowest BCUT2D eigenvalue weighted by Crippen LogP contribution is -2.30. The lowest BCUT2D eigenvalue weighted by Gasteiger charge is -2.05. The quantitative estimate of drug-likeness (QED) is 0.439. The Morgan fingerprint density at radius 1 is 1.60 bits per heavy atom. The number of rotatable bonds is 2. The van der Waals surface area contributed by atoms with Gasteiger partial charge in [-0.1, -0.05) is 0 Å². The molecule has 0 bridgehead atoms. The van der Waals surface area contributed by atoms with Crippen LogP contribution in [0.25, 0.3) is 0 Å². The predicted molar refractivity (Wildman–Crippen MR) is 49.7 cm³/mol. The van der Waals surface area contributed by atoms with Gasteiger partial charge in [-0.2, -0.15) is 0 Å². The van der Waals surface area contributed by atoms with Crippen LogP contribution in [0.1, 0.15) is 0 Å². The highest BCUT2D eigenvalue weighted by atomic mass is 32.1. The van der Waals surface area contributed by atoms with Crippen LogP contribution in [0.3, 0.4) is 0 Å². The van der Waals surface area contributed by atoms with E-state index in [-0.39, 0.29) is 16.7 Å². The van der Waals surface area contributed by atoms with Crippen molar-refractivity contribution in [2.75, 3.05) is 11.4 Å². The number of thiazole rings is 1. The van der Waals surface area contributed by atoms with Gasteiger partial charge in [-0.3, -0.25) is 14.9 Å². The van der Waals surface area contributed by atoms with Crippen molar-refractivity contribution in [3.05, 3.63) is 16.3 Å². The maximum absolute atomic E-state index is 11.2. The zero-order chi connectivity index (χ0) is 11.0. The molecule has 78 valence electrons. The van der Waals surface area contributed by atoms with E-state index in [1.165, 1.54) is 0 Å². The minimum Gasteiger partial charge on any atom is -0.328 e. The number of nitrogens with zero attached hydrogens (tertiary/aromatic N) is 3. The van der Waals surface area contributed by atoms with E-state index in [9.17, 15) is 19.7 Å². The molecule has 1 aliphatic rings. The summed E-state index contributed by atoms with van der Waals surface area (Å²) in [6.45, 7) is -0.105. The minimum atomic E-state index is -0.625. The summed E-state index contributed by atoms with van der Waals surface area (Å²) in [6, 6.07) is -0.607. The van der Waals surface area contributed by atoms with Crippen LogP contribution < -0.4 is 10.2 Å². The lowest BCUT2D eigenvalue weighted by molar-refractivity contribution is -0.380. The first-order chi connectivity index (χ1) is 7.09. The summed E-state index contributed by atoms with van der Waals surface area (Å²) in [5.74, 6) is -0.468. The standard InChI is InChI=1S/C6H4N4O4S/c11-3-1-7-5(12)9(3)6-8-2-4(15-6)10(13)14/h2H,1H2,(H,7,12). The summed E-state index contributed by atoms with van der Waals surface area (Å²) in [4.78, 5) is 36.5. The van der Waals surface area contributed by atoms with Gasteiger partial charge in [-0.25, -0.2) is 14.7 Å². The van der Waals surface area contributed by atoms with Gasteiger partial charge in [0.15, 0.2) is 0 Å². The molecule has 9 heteroatoms. The topological polar surface area (TPSA) is 105 Å². The molecule has 0 spiro atoms. The average molecular weight is 228 g/mol. The Morgan fingerprint density at radius 2 is 2.33 bits per heavy atom. The van der Waals surface area contributed by atoms with Crippen LogP contribution in [0.4, 0.5) is 14.9 Å². The van der Waals surface area contributed by atoms with E-state index in [1.807, 2.05) is 0 Å². The van der Waals surface area contributed by atoms with E-state index < -0.39 is 16.9 Å². The number of hydrogen-bond donors (Lipinski definition) is 1. The van der Waals surface area contributed by atoms with Gasteiger partial charge in [0.05, 0.1) is 11.5 Å². The van der Waals surface area contributed by atoms with E-state index in [0.717, 1.165) is 11.1 Å². The molecule has 1 fully saturated rings. The molecule has 0 saturated carbocycles. The maximum atomic E-state index is 11.2. The van der Waals surface area contributed by atoms with Gasteiger partial charge >= 0.3 is 11.0 Å². The van der Waals surface area contributed by atoms with Crippen molar-refractivity contribution in [2.24, 2.45) is 0 Å². The van der Waals surface area contributed by atoms with Gasteiger partial charge in [0, 0.05) is 0 Å². The summed E-state index contributed by atoms with van der Waals surface area (Å²) < 4.78 is 0. The van der Waals surface area contributed by atoms with Crippen molar-refractivity contribution in [1.82, 2.24) is 10.3 Å². The third-order valence-electron chi connectivity index (χ3n) is 1.70. The molecular formula is C6H4N4O4S. The molecule has 0 atom stereocenters. The van der Waals surface area contributed by atoms with Gasteiger partial charge in [-0.05, 0) is 11.3 Å². The fourth-order valence-electron chi connectivity index (χ4n) is 1.06. The largest absolute Gasteiger partial charge is 0.345 e. The second kappa shape index (κ2) is 3.28. The van der Waals surface area contributed by atoms with Crippen LogP contribution in [0.5, 0.6) is 0 Å². The summed E-state index contributed by atoms with van der Waals surface area (Å²) in [6.07, 6.45) is 1.01. The van der Waals surface area contributed by atoms with Crippen LogP contribution in [-0.2, 0) is 4.79 Å². The minimum absolute atomic E-state index is 0.0155. The number of aromatic nitrogens is 1. The monoisotopic (exact) mass is 228 g/mol. The lowest BCUT2D eigenvalue weighted by atomic mass is 10.6. The molecule has 1 N–H and O–H groups in total. The van der Waals surface area contributed by atoms with E-state index in [0.29, 0.717) is 11.3 Å². The number of amides is 3. The van der Waals surface area contributed by atoms with E-state index in [2.05, 4.69) is 10.3 Å². The molecule has 1 saturated heterocycles. The van der Waals surface area contributed by atoms with Gasteiger partial charge in [0.25, 0.3) is 5.91 Å². The zero-order valence-electron chi connectivity index (χ0n) is 7.17. The SMILES string of the molecule is O=C1CNC(=O)N1c1ncc([N+](=O)[O-])s1. The molecule has 1 aliphatic heterocycles. The Labute approximate surface area is 86.7 Å². The molecule has 0 aliphatic carbocycles. The second-order valence-corrected chi connectivity index (χ2v) is 3.61. The average Bonchev–Trinajstić information content (AvgIpc) is 2.73. The van der Waals surface area contributed by atoms with Crippen molar-refractivity contribution in [3.63, 3.8) is 0 Å². The van der Waals surface area contributed by atoms with Crippen LogP contribution in [0, 0.1) is 10.1 Å². The Balaban J connectivity index is 2.33. The summed E-state index contributed by atoms with van der Waals surface area (Å²) in [5, 5.41) is 12.5.